The fraction of sp³-hybridized carbons (Fsp3) is 0.417. The number of alkyl halides is 4. The molecule has 0 amide bonds. The van der Waals surface area contributed by atoms with Crippen molar-refractivity contribution >= 4 is 17.3 Å². The first kappa shape index (κ1) is 14.7. The number of rotatable bonds is 4. The van der Waals surface area contributed by atoms with E-state index in [-0.39, 0.29) is 24.5 Å². The van der Waals surface area contributed by atoms with Crippen molar-refractivity contribution in [3.8, 4) is 6.07 Å². The van der Waals surface area contributed by atoms with Gasteiger partial charge >= 0.3 is 6.18 Å². The summed E-state index contributed by atoms with van der Waals surface area (Å²) in [6.45, 7) is 0.250. The van der Waals surface area contributed by atoms with Crippen molar-refractivity contribution in [3.05, 3.63) is 29.3 Å². The van der Waals surface area contributed by atoms with E-state index in [1.165, 1.54) is 18.0 Å². The Bertz CT molecular complexity index is 452. The molecule has 0 heterocycles. The Morgan fingerprint density at radius 3 is 2.56 bits per heavy atom. The molecule has 98 valence electrons. The molecule has 0 saturated heterocycles. The van der Waals surface area contributed by atoms with Crippen LogP contribution in [0.15, 0.2) is 18.2 Å². The first-order valence-corrected chi connectivity index (χ1v) is 5.77. The van der Waals surface area contributed by atoms with Crippen LogP contribution in [0.25, 0.3) is 0 Å². The summed E-state index contributed by atoms with van der Waals surface area (Å²) in [4.78, 5) is 1.42. The number of hydrogen-bond acceptors (Lipinski definition) is 2. The third-order valence-corrected chi connectivity index (χ3v) is 2.80. The lowest BCUT2D eigenvalue weighted by atomic mass is 10.1. The molecule has 0 aliphatic carbocycles. The lowest BCUT2D eigenvalue weighted by molar-refractivity contribution is -0.137. The maximum absolute atomic E-state index is 12.9. The molecule has 0 aliphatic rings. The number of halogens is 4. The molecule has 18 heavy (non-hydrogen) atoms. The van der Waals surface area contributed by atoms with Gasteiger partial charge in [-0.3, -0.25) is 0 Å². The van der Waals surface area contributed by atoms with E-state index in [0.29, 0.717) is 5.56 Å². The van der Waals surface area contributed by atoms with E-state index in [1.807, 2.05) is 6.07 Å². The highest BCUT2D eigenvalue weighted by atomic mass is 35.5. The summed E-state index contributed by atoms with van der Waals surface area (Å²) >= 11 is 5.54. The summed E-state index contributed by atoms with van der Waals surface area (Å²) in [7, 11) is 1.53. The summed E-state index contributed by atoms with van der Waals surface area (Å²) in [5, 5.41) is 8.46. The predicted molar refractivity (Wildman–Crippen MR) is 64.5 cm³/mol. The molecule has 1 aromatic carbocycles. The van der Waals surface area contributed by atoms with E-state index in [2.05, 4.69) is 0 Å². The second-order valence-corrected chi connectivity index (χ2v) is 4.08. The van der Waals surface area contributed by atoms with Crippen LogP contribution in [0.4, 0.5) is 18.9 Å². The number of benzene rings is 1. The fourth-order valence-corrected chi connectivity index (χ4v) is 1.73. The van der Waals surface area contributed by atoms with Crippen LogP contribution in [0, 0.1) is 11.3 Å². The molecule has 0 fully saturated rings. The molecule has 0 spiro atoms. The van der Waals surface area contributed by atoms with Crippen LogP contribution in [-0.2, 0) is 12.1 Å². The number of hydrogen-bond donors (Lipinski definition) is 0. The van der Waals surface area contributed by atoms with Gasteiger partial charge in [0.2, 0.25) is 0 Å². The Kier molecular flexibility index (Phi) is 4.85. The van der Waals surface area contributed by atoms with E-state index in [1.54, 1.807) is 6.07 Å². The first-order chi connectivity index (χ1) is 8.40. The van der Waals surface area contributed by atoms with Crippen molar-refractivity contribution in [2.75, 3.05) is 18.5 Å². The van der Waals surface area contributed by atoms with Crippen LogP contribution < -0.4 is 4.90 Å². The Labute approximate surface area is 109 Å². The molecule has 6 heteroatoms. The third kappa shape index (κ3) is 3.54. The van der Waals surface area contributed by atoms with E-state index in [9.17, 15) is 13.2 Å². The van der Waals surface area contributed by atoms with Crippen molar-refractivity contribution in [1.29, 1.82) is 5.26 Å². The SMILES string of the molecule is CN(CCC#N)c1ccc(CCl)cc1C(F)(F)F. The van der Waals surface area contributed by atoms with Crippen molar-refractivity contribution in [1.82, 2.24) is 0 Å². The predicted octanol–water partition coefficient (Wildman–Crippen LogP) is 3.79. The van der Waals surface area contributed by atoms with Crippen LogP contribution in [0.5, 0.6) is 0 Å². The van der Waals surface area contributed by atoms with Crippen LogP contribution in [0.2, 0.25) is 0 Å². The maximum Gasteiger partial charge on any atom is 0.418 e. The van der Waals surface area contributed by atoms with Gasteiger partial charge in [-0.15, -0.1) is 11.6 Å². The minimum Gasteiger partial charge on any atom is -0.373 e. The Morgan fingerprint density at radius 1 is 1.39 bits per heavy atom. The molecule has 0 aliphatic heterocycles. The highest BCUT2D eigenvalue weighted by molar-refractivity contribution is 6.17. The minimum atomic E-state index is -4.43. The highest BCUT2D eigenvalue weighted by Crippen LogP contribution is 2.37. The monoisotopic (exact) mass is 276 g/mol. The zero-order chi connectivity index (χ0) is 13.8. The normalized spacial score (nSPS) is 11.1. The molecule has 0 saturated carbocycles. The fourth-order valence-electron chi connectivity index (χ4n) is 1.56. The molecule has 0 radical (unpaired) electrons. The molecule has 0 aromatic heterocycles. The van der Waals surface area contributed by atoms with E-state index >= 15 is 0 Å². The van der Waals surface area contributed by atoms with E-state index in [4.69, 9.17) is 16.9 Å². The van der Waals surface area contributed by atoms with Gasteiger partial charge in [0.05, 0.1) is 18.1 Å². The Balaban J connectivity index is 3.14. The maximum atomic E-state index is 12.9. The molecule has 0 atom stereocenters. The molecule has 0 unspecified atom stereocenters. The molecule has 1 aromatic rings. The summed E-state index contributed by atoms with van der Waals surface area (Å²) in [6.07, 6.45) is -4.26. The van der Waals surface area contributed by atoms with Gasteiger partial charge in [0.25, 0.3) is 0 Å². The smallest absolute Gasteiger partial charge is 0.373 e. The third-order valence-electron chi connectivity index (χ3n) is 2.49. The summed E-state index contributed by atoms with van der Waals surface area (Å²) in [6, 6.07) is 5.89. The van der Waals surface area contributed by atoms with Crippen molar-refractivity contribution < 1.29 is 13.2 Å². The highest BCUT2D eigenvalue weighted by Gasteiger charge is 2.34. The summed E-state index contributed by atoms with van der Waals surface area (Å²) in [5.74, 6) is 0.0330. The largest absolute Gasteiger partial charge is 0.418 e. The number of nitrogens with zero attached hydrogens (tertiary/aromatic N) is 2. The Morgan fingerprint density at radius 2 is 2.06 bits per heavy atom. The number of nitriles is 1. The van der Waals surface area contributed by atoms with E-state index in [0.717, 1.165) is 6.07 Å². The van der Waals surface area contributed by atoms with Gasteiger partial charge in [0.1, 0.15) is 0 Å². The van der Waals surface area contributed by atoms with Crippen LogP contribution in [-0.4, -0.2) is 13.6 Å². The Hall–Kier alpha value is -1.41. The number of anilines is 1. The second-order valence-electron chi connectivity index (χ2n) is 3.81. The summed E-state index contributed by atoms with van der Waals surface area (Å²) in [5.41, 5.74) is -0.242. The lowest BCUT2D eigenvalue weighted by Crippen LogP contribution is -2.22. The minimum absolute atomic E-state index is 0.0330. The standard InChI is InChI=1S/C12H12ClF3N2/c1-18(6-2-5-17)11-4-3-9(8-13)7-10(11)12(14,15)16/h3-4,7H,2,6,8H2,1H3. The van der Waals surface area contributed by atoms with Gasteiger partial charge in [-0.2, -0.15) is 18.4 Å². The molecular weight excluding hydrogens is 265 g/mol. The average molecular weight is 277 g/mol. The quantitative estimate of drug-likeness (QED) is 0.782. The zero-order valence-electron chi connectivity index (χ0n) is 9.76. The molecule has 0 bridgehead atoms. The van der Waals surface area contributed by atoms with Gasteiger partial charge < -0.3 is 4.90 Å². The van der Waals surface area contributed by atoms with Crippen molar-refractivity contribution in [2.45, 2.75) is 18.5 Å². The van der Waals surface area contributed by atoms with E-state index < -0.39 is 11.7 Å². The van der Waals surface area contributed by atoms with Gasteiger partial charge in [-0.05, 0) is 17.7 Å². The molecular formula is C12H12ClF3N2. The average Bonchev–Trinajstić information content (AvgIpc) is 2.34. The van der Waals surface area contributed by atoms with Gasteiger partial charge in [-0.1, -0.05) is 6.07 Å². The molecule has 2 nitrogen and oxygen atoms in total. The van der Waals surface area contributed by atoms with Gasteiger partial charge in [0.15, 0.2) is 0 Å². The lowest BCUT2D eigenvalue weighted by Gasteiger charge is -2.23. The van der Waals surface area contributed by atoms with Crippen LogP contribution in [0.3, 0.4) is 0 Å². The molecule has 0 N–H and O–H groups in total. The van der Waals surface area contributed by atoms with Gasteiger partial charge in [0, 0.05) is 25.2 Å². The van der Waals surface area contributed by atoms with Gasteiger partial charge in [-0.25, -0.2) is 0 Å². The molecule has 1 rings (SSSR count). The first-order valence-electron chi connectivity index (χ1n) is 5.24. The van der Waals surface area contributed by atoms with Crippen LogP contribution in [0.1, 0.15) is 17.5 Å². The zero-order valence-corrected chi connectivity index (χ0v) is 10.5. The van der Waals surface area contributed by atoms with Crippen molar-refractivity contribution in [2.24, 2.45) is 0 Å². The topological polar surface area (TPSA) is 27.0 Å². The van der Waals surface area contributed by atoms with Crippen LogP contribution >= 0.6 is 11.6 Å². The summed E-state index contributed by atoms with van der Waals surface area (Å²) < 4.78 is 38.7. The van der Waals surface area contributed by atoms with Crippen molar-refractivity contribution in [3.63, 3.8) is 0 Å². The second kappa shape index (κ2) is 5.96.